The van der Waals surface area contributed by atoms with Gasteiger partial charge in [0, 0.05) is 6.54 Å². The van der Waals surface area contributed by atoms with Crippen molar-refractivity contribution in [3.05, 3.63) is 29.3 Å². The Balaban J connectivity index is 1.60. The first-order valence-corrected chi connectivity index (χ1v) is 6.85. The number of hydrogen-bond acceptors (Lipinski definition) is 3. The largest absolute Gasteiger partial charge is 0.491 e. The van der Waals surface area contributed by atoms with Gasteiger partial charge in [0.1, 0.15) is 5.75 Å². The molecule has 5 heteroatoms. The van der Waals surface area contributed by atoms with E-state index in [2.05, 4.69) is 5.32 Å². The van der Waals surface area contributed by atoms with E-state index in [9.17, 15) is 4.79 Å². The number of para-hydroxylation sites is 1. The summed E-state index contributed by atoms with van der Waals surface area (Å²) >= 11 is 5.93. The van der Waals surface area contributed by atoms with E-state index in [0.717, 1.165) is 12.8 Å². The molecule has 1 aliphatic rings. The van der Waals surface area contributed by atoms with E-state index in [4.69, 9.17) is 21.4 Å². The number of nitrogens with one attached hydrogen (secondary N) is 1. The van der Waals surface area contributed by atoms with Crippen LogP contribution < -0.4 is 10.1 Å². The third-order valence-electron chi connectivity index (χ3n) is 3.22. The lowest BCUT2D eigenvalue weighted by Gasteiger charge is -2.31. The molecule has 19 heavy (non-hydrogen) atoms. The van der Waals surface area contributed by atoms with Crippen LogP contribution >= 0.6 is 11.6 Å². The van der Waals surface area contributed by atoms with Crippen LogP contribution in [0.2, 0.25) is 5.02 Å². The van der Waals surface area contributed by atoms with Crippen molar-refractivity contribution in [2.75, 3.05) is 13.2 Å². The minimum Gasteiger partial charge on any atom is -0.491 e. The van der Waals surface area contributed by atoms with Gasteiger partial charge in [-0.1, -0.05) is 23.7 Å². The van der Waals surface area contributed by atoms with Gasteiger partial charge in [-0.05, 0) is 30.9 Å². The van der Waals surface area contributed by atoms with Crippen LogP contribution in [0.25, 0.3) is 0 Å². The average Bonchev–Trinajstić information content (AvgIpc) is 2.35. The molecule has 0 spiro atoms. The second-order valence-corrected chi connectivity index (χ2v) is 5.23. The summed E-state index contributed by atoms with van der Waals surface area (Å²) < 4.78 is 5.44. The van der Waals surface area contributed by atoms with Gasteiger partial charge in [0.05, 0.1) is 24.2 Å². The first-order valence-electron chi connectivity index (χ1n) is 6.47. The SMILES string of the molecule is O=C(CCOc1ccccc1Cl)NCC1CC(O)C1. The predicted octanol–water partition coefficient (Wildman–Crippen LogP) is 2.00. The highest BCUT2D eigenvalue weighted by molar-refractivity contribution is 6.32. The smallest absolute Gasteiger partial charge is 0.223 e. The summed E-state index contributed by atoms with van der Waals surface area (Å²) in [6, 6.07) is 7.19. The molecule has 2 rings (SSSR count). The number of carbonyl (C=O) groups is 1. The minimum absolute atomic E-state index is 0.0338. The number of rotatable bonds is 6. The van der Waals surface area contributed by atoms with E-state index >= 15 is 0 Å². The van der Waals surface area contributed by atoms with E-state index in [1.807, 2.05) is 12.1 Å². The van der Waals surface area contributed by atoms with Crippen molar-refractivity contribution in [3.8, 4) is 5.75 Å². The standard InChI is InChI=1S/C14H18ClNO3/c15-12-3-1-2-4-13(12)19-6-5-14(18)16-9-10-7-11(17)8-10/h1-4,10-11,17H,5-9H2,(H,16,18). The fraction of sp³-hybridized carbons (Fsp3) is 0.500. The molecule has 0 bridgehead atoms. The molecule has 0 aliphatic heterocycles. The fourth-order valence-electron chi connectivity index (χ4n) is 2.03. The maximum absolute atomic E-state index is 11.6. The Labute approximate surface area is 117 Å². The van der Waals surface area contributed by atoms with Gasteiger partial charge >= 0.3 is 0 Å². The molecule has 0 unspecified atom stereocenters. The van der Waals surface area contributed by atoms with Crippen LogP contribution in [0.3, 0.4) is 0 Å². The number of amides is 1. The maximum atomic E-state index is 11.6. The molecule has 1 amide bonds. The number of aliphatic hydroxyl groups is 1. The zero-order valence-corrected chi connectivity index (χ0v) is 11.4. The van der Waals surface area contributed by atoms with Crippen LogP contribution in [0.5, 0.6) is 5.75 Å². The van der Waals surface area contributed by atoms with E-state index < -0.39 is 0 Å². The third-order valence-corrected chi connectivity index (χ3v) is 3.53. The summed E-state index contributed by atoms with van der Waals surface area (Å²) in [5, 5.41) is 12.5. The van der Waals surface area contributed by atoms with Crippen molar-refractivity contribution in [3.63, 3.8) is 0 Å². The molecule has 0 aromatic heterocycles. The first-order chi connectivity index (χ1) is 9.15. The molecule has 4 nitrogen and oxygen atoms in total. The summed E-state index contributed by atoms with van der Waals surface area (Å²) in [6.07, 6.45) is 1.71. The summed E-state index contributed by atoms with van der Waals surface area (Å²) in [5.41, 5.74) is 0. The Hall–Kier alpha value is -1.26. The van der Waals surface area contributed by atoms with Crippen molar-refractivity contribution in [2.24, 2.45) is 5.92 Å². The molecule has 2 N–H and O–H groups in total. The van der Waals surface area contributed by atoms with Crippen LogP contribution in [0.15, 0.2) is 24.3 Å². The fourth-order valence-corrected chi connectivity index (χ4v) is 2.22. The second kappa shape index (κ2) is 6.78. The number of benzene rings is 1. The zero-order chi connectivity index (χ0) is 13.7. The molecular formula is C14H18ClNO3. The van der Waals surface area contributed by atoms with Crippen molar-refractivity contribution in [1.29, 1.82) is 0 Å². The molecule has 0 atom stereocenters. The van der Waals surface area contributed by atoms with Gasteiger partial charge in [-0.3, -0.25) is 4.79 Å². The van der Waals surface area contributed by atoms with Gasteiger partial charge < -0.3 is 15.2 Å². The number of ether oxygens (including phenoxy) is 1. The summed E-state index contributed by atoms with van der Waals surface area (Å²) in [4.78, 5) is 11.6. The van der Waals surface area contributed by atoms with Crippen LogP contribution in [0, 0.1) is 5.92 Å². The van der Waals surface area contributed by atoms with Gasteiger partial charge in [0.25, 0.3) is 0 Å². The predicted molar refractivity (Wildman–Crippen MR) is 73.3 cm³/mol. The van der Waals surface area contributed by atoms with E-state index in [1.165, 1.54) is 0 Å². The Morgan fingerprint density at radius 3 is 2.84 bits per heavy atom. The summed E-state index contributed by atoms with van der Waals surface area (Å²) in [5.74, 6) is 0.982. The van der Waals surface area contributed by atoms with Crippen molar-refractivity contribution >= 4 is 17.5 Å². The number of aliphatic hydroxyl groups excluding tert-OH is 1. The molecule has 0 heterocycles. The topological polar surface area (TPSA) is 58.6 Å². The normalized spacial score (nSPS) is 21.6. The van der Waals surface area contributed by atoms with Crippen molar-refractivity contribution < 1.29 is 14.6 Å². The van der Waals surface area contributed by atoms with E-state index in [1.54, 1.807) is 12.1 Å². The lowest BCUT2D eigenvalue weighted by atomic mass is 9.82. The van der Waals surface area contributed by atoms with Gasteiger partial charge in [-0.2, -0.15) is 0 Å². The molecule has 0 saturated heterocycles. The molecule has 1 aromatic carbocycles. The lowest BCUT2D eigenvalue weighted by molar-refractivity contribution is -0.122. The summed E-state index contributed by atoms with van der Waals surface area (Å²) in [6.45, 7) is 0.949. The van der Waals surface area contributed by atoms with Crippen molar-refractivity contribution in [2.45, 2.75) is 25.4 Å². The Kier molecular flexibility index (Phi) is 5.05. The molecule has 1 aliphatic carbocycles. The minimum atomic E-state index is -0.176. The van der Waals surface area contributed by atoms with Crippen LogP contribution in [0.4, 0.5) is 0 Å². The molecule has 1 saturated carbocycles. The Morgan fingerprint density at radius 2 is 2.16 bits per heavy atom. The van der Waals surface area contributed by atoms with E-state index in [-0.39, 0.29) is 12.0 Å². The first kappa shape index (κ1) is 14.2. The molecule has 1 fully saturated rings. The maximum Gasteiger partial charge on any atom is 0.223 e. The quantitative estimate of drug-likeness (QED) is 0.839. The lowest BCUT2D eigenvalue weighted by Crippen LogP contribution is -2.38. The molecule has 0 radical (unpaired) electrons. The molecule has 104 valence electrons. The number of halogens is 1. The molecular weight excluding hydrogens is 266 g/mol. The number of hydrogen-bond donors (Lipinski definition) is 2. The van der Waals surface area contributed by atoms with E-state index in [0.29, 0.717) is 36.3 Å². The van der Waals surface area contributed by atoms with Gasteiger partial charge in [-0.25, -0.2) is 0 Å². The van der Waals surface area contributed by atoms with Gasteiger partial charge in [0.2, 0.25) is 5.91 Å². The van der Waals surface area contributed by atoms with Crippen molar-refractivity contribution in [1.82, 2.24) is 5.32 Å². The van der Waals surface area contributed by atoms with Crippen LogP contribution in [0.1, 0.15) is 19.3 Å². The van der Waals surface area contributed by atoms with Gasteiger partial charge in [0.15, 0.2) is 0 Å². The second-order valence-electron chi connectivity index (χ2n) is 4.82. The zero-order valence-electron chi connectivity index (χ0n) is 10.6. The Bertz CT molecular complexity index is 432. The third kappa shape index (κ3) is 4.40. The highest BCUT2D eigenvalue weighted by Gasteiger charge is 2.26. The van der Waals surface area contributed by atoms with Crippen LogP contribution in [-0.4, -0.2) is 30.3 Å². The Morgan fingerprint density at radius 1 is 1.42 bits per heavy atom. The molecule has 1 aromatic rings. The average molecular weight is 284 g/mol. The van der Waals surface area contributed by atoms with Gasteiger partial charge in [-0.15, -0.1) is 0 Å². The highest BCUT2D eigenvalue weighted by atomic mass is 35.5. The monoisotopic (exact) mass is 283 g/mol. The van der Waals surface area contributed by atoms with Crippen LogP contribution in [-0.2, 0) is 4.79 Å². The summed E-state index contributed by atoms with van der Waals surface area (Å²) in [7, 11) is 0. The highest BCUT2D eigenvalue weighted by Crippen LogP contribution is 2.26. The number of carbonyl (C=O) groups excluding carboxylic acids is 1.